The zero-order valence-electron chi connectivity index (χ0n) is 8.36. The predicted octanol–water partition coefficient (Wildman–Crippen LogP) is 1.09. The molecule has 16 heavy (non-hydrogen) atoms. The number of rotatable bonds is 2. The van der Waals surface area contributed by atoms with Crippen molar-refractivity contribution in [2.45, 2.75) is 6.42 Å². The van der Waals surface area contributed by atoms with Gasteiger partial charge in [0.2, 0.25) is 11.2 Å². The van der Waals surface area contributed by atoms with Crippen molar-refractivity contribution in [1.82, 2.24) is 9.97 Å². The lowest BCUT2D eigenvalue weighted by molar-refractivity contribution is -0.121. The van der Waals surface area contributed by atoms with Crippen LogP contribution in [0.4, 0.5) is 5.82 Å². The van der Waals surface area contributed by atoms with Gasteiger partial charge in [0.05, 0.1) is 12.1 Å². The van der Waals surface area contributed by atoms with E-state index < -0.39 is 0 Å². The van der Waals surface area contributed by atoms with Crippen molar-refractivity contribution in [3.63, 3.8) is 0 Å². The van der Waals surface area contributed by atoms with Crippen LogP contribution >= 0.6 is 23.2 Å². The van der Waals surface area contributed by atoms with E-state index in [0.29, 0.717) is 30.4 Å². The van der Waals surface area contributed by atoms with Gasteiger partial charge in [-0.2, -0.15) is 4.98 Å². The Labute approximate surface area is 103 Å². The van der Waals surface area contributed by atoms with Gasteiger partial charge in [-0.1, -0.05) is 11.6 Å². The van der Waals surface area contributed by atoms with Gasteiger partial charge in [-0.3, -0.25) is 4.79 Å². The van der Waals surface area contributed by atoms with E-state index in [0.717, 1.165) is 0 Å². The van der Waals surface area contributed by atoms with Gasteiger partial charge < -0.3 is 10.6 Å². The standard InChI is InChI=1S/C9H10Cl2N4O/c10-6-3-13-9(11)14-8(6)15-2-1-5(4-15)7(12)16/h3,5H,1-2,4H2,(H2,12,16). The molecule has 1 fully saturated rings. The summed E-state index contributed by atoms with van der Waals surface area (Å²) in [7, 11) is 0. The zero-order chi connectivity index (χ0) is 11.7. The second-order valence-electron chi connectivity index (χ2n) is 3.64. The first kappa shape index (κ1) is 11.4. The Hall–Kier alpha value is -1.07. The smallest absolute Gasteiger partial charge is 0.224 e. The van der Waals surface area contributed by atoms with E-state index in [1.54, 1.807) is 0 Å². The fourth-order valence-electron chi connectivity index (χ4n) is 1.74. The summed E-state index contributed by atoms with van der Waals surface area (Å²) in [4.78, 5) is 20.7. The minimum absolute atomic E-state index is 0.141. The van der Waals surface area contributed by atoms with Crippen LogP contribution in [0.1, 0.15) is 6.42 Å². The van der Waals surface area contributed by atoms with Crippen LogP contribution in [0, 0.1) is 5.92 Å². The van der Waals surface area contributed by atoms with Gasteiger partial charge in [-0.15, -0.1) is 0 Å². The minimum atomic E-state index is -0.293. The summed E-state index contributed by atoms with van der Waals surface area (Å²) in [5.74, 6) is 0.119. The molecule has 1 aromatic rings. The van der Waals surface area contributed by atoms with Crippen molar-refractivity contribution in [2.75, 3.05) is 18.0 Å². The lowest BCUT2D eigenvalue weighted by Gasteiger charge is -2.17. The third-order valence-electron chi connectivity index (χ3n) is 2.59. The van der Waals surface area contributed by atoms with Gasteiger partial charge in [-0.05, 0) is 18.0 Å². The molecule has 86 valence electrons. The molecule has 0 radical (unpaired) electrons. The van der Waals surface area contributed by atoms with Crippen LogP contribution in [0.15, 0.2) is 6.20 Å². The van der Waals surface area contributed by atoms with E-state index >= 15 is 0 Å². The Morgan fingerprint density at radius 3 is 2.94 bits per heavy atom. The number of anilines is 1. The van der Waals surface area contributed by atoms with Gasteiger partial charge in [0.15, 0.2) is 5.82 Å². The molecule has 1 atom stereocenters. The highest BCUT2D eigenvalue weighted by atomic mass is 35.5. The lowest BCUT2D eigenvalue weighted by atomic mass is 10.1. The maximum atomic E-state index is 11.0. The summed E-state index contributed by atoms with van der Waals surface area (Å²) in [6.07, 6.45) is 2.16. The van der Waals surface area contributed by atoms with E-state index in [1.165, 1.54) is 6.20 Å². The molecule has 1 amide bonds. The maximum absolute atomic E-state index is 11.0. The number of aromatic nitrogens is 2. The van der Waals surface area contributed by atoms with Gasteiger partial charge in [0, 0.05) is 13.1 Å². The number of primary amides is 1. The topological polar surface area (TPSA) is 72.1 Å². The van der Waals surface area contributed by atoms with Crippen LogP contribution in [0.3, 0.4) is 0 Å². The monoisotopic (exact) mass is 260 g/mol. The van der Waals surface area contributed by atoms with Crippen molar-refractivity contribution in [2.24, 2.45) is 11.7 Å². The van der Waals surface area contributed by atoms with Gasteiger partial charge in [-0.25, -0.2) is 4.98 Å². The number of hydrogen-bond donors (Lipinski definition) is 1. The molecule has 1 aliphatic rings. The fourth-order valence-corrected chi connectivity index (χ4v) is 2.08. The van der Waals surface area contributed by atoms with E-state index in [-0.39, 0.29) is 17.1 Å². The van der Waals surface area contributed by atoms with Crippen LogP contribution in [-0.2, 0) is 4.79 Å². The quantitative estimate of drug-likeness (QED) is 0.809. The van der Waals surface area contributed by atoms with Gasteiger partial charge in [0.25, 0.3) is 0 Å². The predicted molar refractivity (Wildman–Crippen MR) is 61.6 cm³/mol. The molecule has 2 rings (SSSR count). The lowest BCUT2D eigenvalue weighted by Crippen LogP contribution is -2.27. The summed E-state index contributed by atoms with van der Waals surface area (Å²) in [5.41, 5.74) is 5.25. The van der Waals surface area contributed by atoms with Crippen LogP contribution in [0.25, 0.3) is 0 Å². The molecule has 0 aromatic carbocycles. The first-order chi connectivity index (χ1) is 7.58. The van der Waals surface area contributed by atoms with E-state index in [4.69, 9.17) is 28.9 Å². The first-order valence-electron chi connectivity index (χ1n) is 4.80. The molecule has 5 nitrogen and oxygen atoms in total. The second-order valence-corrected chi connectivity index (χ2v) is 4.39. The molecule has 0 saturated carbocycles. The highest BCUT2D eigenvalue weighted by molar-refractivity contribution is 6.33. The molecule has 2 heterocycles. The molecule has 1 saturated heterocycles. The zero-order valence-corrected chi connectivity index (χ0v) is 9.87. The molecule has 0 spiro atoms. The second kappa shape index (κ2) is 4.43. The summed E-state index contributed by atoms with van der Waals surface area (Å²) in [6, 6.07) is 0. The number of nitrogens with zero attached hydrogens (tertiary/aromatic N) is 3. The number of carbonyl (C=O) groups is 1. The molecular formula is C9H10Cl2N4O. The Bertz CT molecular complexity index is 426. The third kappa shape index (κ3) is 2.20. The highest BCUT2D eigenvalue weighted by Gasteiger charge is 2.28. The molecule has 1 unspecified atom stereocenters. The largest absolute Gasteiger partial charge is 0.369 e. The van der Waals surface area contributed by atoms with Crippen molar-refractivity contribution in [3.8, 4) is 0 Å². The highest BCUT2D eigenvalue weighted by Crippen LogP contribution is 2.28. The van der Waals surface area contributed by atoms with Crippen LogP contribution in [-0.4, -0.2) is 29.0 Å². The summed E-state index contributed by atoms with van der Waals surface area (Å²) in [5, 5.41) is 0.566. The normalized spacial score (nSPS) is 20.1. The summed E-state index contributed by atoms with van der Waals surface area (Å²) < 4.78 is 0. The molecule has 1 aliphatic heterocycles. The minimum Gasteiger partial charge on any atom is -0.369 e. The Kier molecular flexibility index (Phi) is 3.16. The molecular weight excluding hydrogens is 251 g/mol. The first-order valence-corrected chi connectivity index (χ1v) is 5.56. The average Bonchev–Trinajstić information content (AvgIpc) is 2.70. The molecule has 1 aromatic heterocycles. The van der Waals surface area contributed by atoms with Gasteiger partial charge in [0.1, 0.15) is 5.02 Å². The SMILES string of the molecule is NC(=O)C1CCN(c2nc(Cl)ncc2Cl)C1. The maximum Gasteiger partial charge on any atom is 0.224 e. The van der Waals surface area contributed by atoms with E-state index in [9.17, 15) is 4.79 Å². The number of halogens is 2. The van der Waals surface area contributed by atoms with Crippen molar-refractivity contribution in [1.29, 1.82) is 0 Å². The number of hydrogen-bond acceptors (Lipinski definition) is 4. The van der Waals surface area contributed by atoms with Crippen molar-refractivity contribution in [3.05, 3.63) is 16.5 Å². The van der Waals surface area contributed by atoms with Gasteiger partial charge >= 0.3 is 0 Å². The fraction of sp³-hybridized carbons (Fsp3) is 0.444. The number of amides is 1. The molecule has 0 aliphatic carbocycles. The van der Waals surface area contributed by atoms with E-state index in [2.05, 4.69) is 9.97 Å². The van der Waals surface area contributed by atoms with Crippen molar-refractivity contribution < 1.29 is 4.79 Å². The van der Waals surface area contributed by atoms with Crippen LogP contribution in [0.2, 0.25) is 10.3 Å². The molecule has 7 heteroatoms. The Balaban J connectivity index is 2.20. The third-order valence-corrected chi connectivity index (χ3v) is 3.04. The Morgan fingerprint density at radius 1 is 1.56 bits per heavy atom. The average molecular weight is 261 g/mol. The molecule has 0 bridgehead atoms. The van der Waals surface area contributed by atoms with Crippen LogP contribution < -0.4 is 10.6 Å². The summed E-state index contributed by atoms with van der Waals surface area (Å²) in [6.45, 7) is 1.23. The van der Waals surface area contributed by atoms with E-state index in [1.807, 2.05) is 4.90 Å². The van der Waals surface area contributed by atoms with Crippen molar-refractivity contribution >= 4 is 34.9 Å². The Morgan fingerprint density at radius 2 is 2.31 bits per heavy atom. The molecule has 2 N–H and O–H groups in total. The number of carbonyl (C=O) groups excluding carboxylic acids is 1. The number of nitrogens with two attached hydrogens (primary N) is 1. The summed E-state index contributed by atoms with van der Waals surface area (Å²) >= 11 is 11.7. The van der Waals surface area contributed by atoms with Crippen LogP contribution in [0.5, 0.6) is 0 Å².